The van der Waals surface area contributed by atoms with Crippen molar-refractivity contribution in [1.29, 1.82) is 0 Å². The summed E-state index contributed by atoms with van der Waals surface area (Å²) in [7, 11) is 1.54. The number of carbonyl (C=O) groups is 2. The van der Waals surface area contributed by atoms with Crippen molar-refractivity contribution < 1.29 is 24.2 Å². The van der Waals surface area contributed by atoms with Gasteiger partial charge in [-0.3, -0.25) is 4.79 Å². The maximum atomic E-state index is 13.1. The van der Waals surface area contributed by atoms with Crippen molar-refractivity contribution in [3.63, 3.8) is 0 Å². The van der Waals surface area contributed by atoms with Crippen LogP contribution in [-0.2, 0) is 24.1 Å². The van der Waals surface area contributed by atoms with Crippen molar-refractivity contribution in [2.45, 2.75) is 31.7 Å². The summed E-state index contributed by atoms with van der Waals surface area (Å²) in [6, 6.07) is 20.5. The van der Waals surface area contributed by atoms with E-state index in [9.17, 15) is 14.7 Å². The van der Waals surface area contributed by atoms with Gasteiger partial charge >= 0.3 is 5.97 Å². The normalized spacial score (nSPS) is 13.8. The molecule has 4 rings (SSSR count). The minimum atomic E-state index is -1.37. The van der Waals surface area contributed by atoms with E-state index in [0.29, 0.717) is 30.1 Å². The SMILES string of the molecule is COc1ccc(C(=O)NC2(C(=O)O)Cc3ccccc3C2)cc1OCCc1ccccc1C. The van der Waals surface area contributed by atoms with Crippen molar-refractivity contribution in [2.75, 3.05) is 13.7 Å². The van der Waals surface area contributed by atoms with Crippen LogP contribution >= 0.6 is 0 Å². The first-order valence-corrected chi connectivity index (χ1v) is 10.9. The lowest BCUT2D eigenvalue weighted by Gasteiger charge is -2.25. The van der Waals surface area contributed by atoms with E-state index in [-0.39, 0.29) is 12.8 Å². The van der Waals surface area contributed by atoms with Crippen LogP contribution < -0.4 is 14.8 Å². The van der Waals surface area contributed by atoms with Gasteiger partial charge in [0.15, 0.2) is 11.5 Å². The molecule has 1 aliphatic carbocycles. The number of hydrogen-bond acceptors (Lipinski definition) is 4. The summed E-state index contributed by atoms with van der Waals surface area (Å²) in [5.41, 5.74) is 3.21. The molecule has 170 valence electrons. The molecule has 2 N–H and O–H groups in total. The predicted molar refractivity (Wildman–Crippen MR) is 125 cm³/mol. The smallest absolute Gasteiger partial charge is 0.330 e. The molecule has 0 aromatic heterocycles. The molecule has 1 amide bonds. The molecule has 0 spiro atoms. The number of aryl methyl sites for hydroxylation is 1. The lowest BCUT2D eigenvalue weighted by Crippen LogP contribution is -2.55. The summed E-state index contributed by atoms with van der Waals surface area (Å²) < 4.78 is 11.3. The van der Waals surface area contributed by atoms with Crippen molar-refractivity contribution in [3.05, 3.63) is 94.5 Å². The Bertz CT molecular complexity index is 1160. The van der Waals surface area contributed by atoms with Gasteiger partial charge in [-0.15, -0.1) is 0 Å². The van der Waals surface area contributed by atoms with Crippen molar-refractivity contribution in [3.8, 4) is 11.5 Å². The van der Waals surface area contributed by atoms with Crippen LogP contribution in [0, 0.1) is 6.92 Å². The zero-order chi connectivity index (χ0) is 23.4. The largest absolute Gasteiger partial charge is 0.493 e. The number of carbonyl (C=O) groups excluding carboxylic acids is 1. The van der Waals surface area contributed by atoms with E-state index < -0.39 is 17.4 Å². The number of aliphatic carboxylic acids is 1. The van der Waals surface area contributed by atoms with E-state index in [1.54, 1.807) is 25.3 Å². The zero-order valence-corrected chi connectivity index (χ0v) is 18.8. The molecule has 0 radical (unpaired) electrons. The summed E-state index contributed by atoms with van der Waals surface area (Å²) in [6.45, 7) is 2.47. The van der Waals surface area contributed by atoms with Gasteiger partial charge in [0.2, 0.25) is 0 Å². The second-order valence-electron chi connectivity index (χ2n) is 8.35. The van der Waals surface area contributed by atoms with Gasteiger partial charge in [-0.2, -0.15) is 0 Å². The van der Waals surface area contributed by atoms with Crippen molar-refractivity contribution >= 4 is 11.9 Å². The number of hydrogen-bond donors (Lipinski definition) is 2. The Morgan fingerprint density at radius 1 is 0.970 bits per heavy atom. The lowest BCUT2D eigenvalue weighted by atomic mass is 9.95. The summed E-state index contributed by atoms with van der Waals surface area (Å²) in [4.78, 5) is 25.3. The third-order valence-electron chi connectivity index (χ3n) is 6.18. The van der Waals surface area contributed by atoms with E-state index in [2.05, 4.69) is 24.4 Å². The lowest BCUT2D eigenvalue weighted by molar-refractivity contribution is -0.144. The average Bonchev–Trinajstić information content (AvgIpc) is 3.19. The van der Waals surface area contributed by atoms with Gasteiger partial charge in [0.05, 0.1) is 13.7 Å². The van der Waals surface area contributed by atoms with Crippen LogP contribution in [0.15, 0.2) is 66.7 Å². The fraction of sp³-hybridized carbons (Fsp3) is 0.259. The Labute approximate surface area is 193 Å². The van der Waals surface area contributed by atoms with E-state index in [1.165, 1.54) is 11.1 Å². The molecule has 0 saturated carbocycles. The second kappa shape index (κ2) is 9.36. The standard InChI is InChI=1S/C27H27NO5/c1-18-7-3-4-8-19(18)13-14-33-24-15-20(11-12-23(24)32-2)25(29)28-27(26(30)31)16-21-9-5-6-10-22(21)17-27/h3-12,15H,13-14,16-17H2,1-2H3,(H,28,29)(H,30,31). The summed E-state index contributed by atoms with van der Waals surface area (Å²) in [5.74, 6) is -0.553. The molecule has 33 heavy (non-hydrogen) atoms. The third kappa shape index (κ3) is 4.70. The Morgan fingerprint density at radius 3 is 2.27 bits per heavy atom. The Morgan fingerprint density at radius 2 is 1.64 bits per heavy atom. The molecular weight excluding hydrogens is 418 g/mol. The zero-order valence-electron chi connectivity index (χ0n) is 18.8. The first-order valence-electron chi connectivity index (χ1n) is 10.9. The molecule has 6 heteroatoms. The molecule has 0 unspecified atom stereocenters. The molecular formula is C27H27NO5. The van der Waals surface area contributed by atoms with Crippen LogP contribution in [0.5, 0.6) is 11.5 Å². The van der Waals surface area contributed by atoms with Crippen LogP contribution in [0.4, 0.5) is 0 Å². The molecule has 1 aliphatic rings. The topological polar surface area (TPSA) is 84.9 Å². The fourth-order valence-electron chi connectivity index (χ4n) is 4.29. The molecule has 0 saturated heterocycles. The van der Waals surface area contributed by atoms with E-state index >= 15 is 0 Å². The fourth-order valence-corrected chi connectivity index (χ4v) is 4.29. The van der Waals surface area contributed by atoms with E-state index in [4.69, 9.17) is 9.47 Å². The van der Waals surface area contributed by atoms with Gasteiger partial charge < -0.3 is 19.9 Å². The van der Waals surface area contributed by atoms with E-state index in [0.717, 1.165) is 11.1 Å². The summed E-state index contributed by atoms with van der Waals surface area (Å²) in [6.07, 6.45) is 1.22. The minimum Gasteiger partial charge on any atom is -0.493 e. The monoisotopic (exact) mass is 445 g/mol. The van der Waals surface area contributed by atoms with Crippen molar-refractivity contribution in [2.24, 2.45) is 0 Å². The number of carboxylic acids is 1. The number of benzene rings is 3. The van der Waals surface area contributed by atoms with Gasteiger partial charge in [-0.25, -0.2) is 4.79 Å². The maximum absolute atomic E-state index is 13.1. The van der Waals surface area contributed by atoms with Crippen LogP contribution in [0.2, 0.25) is 0 Å². The molecule has 3 aromatic carbocycles. The van der Waals surface area contributed by atoms with E-state index in [1.807, 2.05) is 36.4 Å². The molecule has 0 fully saturated rings. The van der Waals surface area contributed by atoms with Gasteiger partial charge in [-0.05, 0) is 47.4 Å². The van der Waals surface area contributed by atoms with Gasteiger partial charge in [0.25, 0.3) is 5.91 Å². The van der Waals surface area contributed by atoms with Crippen LogP contribution in [0.25, 0.3) is 0 Å². The number of carboxylic acid groups (broad SMARTS) is 1. The molecule has 0 atom stereocenters. The van der Waals surface area contributed by atoms with Crippen LogP contribution in [0.1, 0.15) is 32.6 Å². The first kappa shape index (κ1) is 22.4. The molecule has 0 aliphatic heterocycles. The minimum absolute atomic E-state index is 0.250. The third-order valence-corrected chi connectivity index (χ3v) is 6.18. The Balaban J connectivity index is 1.50. The Hall–Kier alpha value is -3.80. The predicted octanol–water partition coefficient (Wildman–Crippen LogP) is 3.98. The molecule has 0 bridgehead atoms. The number of amides is 1. The van der Waals surface area contributed by atoms with Crippen LogP contribution in [0.3, 0.4) is 0 Å². The second-order valence-corrected chi connectivity index (χ2v) is 8.35. The highest BCUT2D eigenvalue weighted by atomic mass is 16.5. The Kier molecular flexibility index (Phi) is 6.36. The quantitative estimate of drug-likeness (QED) is 0.548. The highest BCUT2D eigenvalue weighted by molar-refractivity contribution is 5.99. The summed E-state index contributed by atoms with van der Waals surface area (Å²) in [5, 5.41) is 12.7. The molecule has 0 heterocycles. The number of ether oxygens (including phenoxy) is 2. The number of methoxy groups -OCH3 is 1. The highest BCUT2D eigenvalue weighted by Gasteiger charge is 2.45. The average molecular weight is 446 g/mol. The number of rotatable bonds is 8. The van der Waals surface area contributed by atoms with Crippen LogP contribution in [-0.4, -0.2) is 36.2 Å². The number of fused-ring (bicyclic) bond motifs is 1. The molecule has 3 aromatic rings. The van der Waals surface area contributed by atoms with Gasteiger partial charge in [-0.1, -0.05) is 48.5 Å². The molecule has 6 nitrogen and oxygen atoms in total. The first-order chi connectivity index (χ1) is 15.9. The van der Waals surface area contributed by atoms with Gasteiger partial charge in [0.1, 0.15) is 5.54 Å². The number of nitrogens with one attached hydrogen (secondary N) is 1. The van der Waals surface area contributed by atoms with Crippen molar-refractivity contribution in [1.82, 2.24) is 5.32 Å². The summed E-state index contributed by atoms with van der Waals surface area (Å²) >= 11 is 0. The highest BCUT2D eigenvalue weighted by Crippen LogP contribution is 2.32. The maximum Gasteiger partial charge on any atom is 0.330 e. The van der Waals surface area contributed by atoms with Gasteiger partial charge in [0, 0.05) is 24.8 Å².